The Morgan fingerprint density at radius 1 is 1.40 bits per heavy atom. The van der Waals surface area contributed by atoms with Gasteiger partial charge in [-0.2, -0.15) is 0 Å². The number of aromatic nitrogens is 2. The molecular weight excluding hydrogens is 470 g/mol. The van der Waals surface area contributed by atoms with Crippen molar-refractivity contribution in [3.05, 3.63) is 16.6 Å². The first-order valence-electron chi connectivity index (χ1n) is 6.34. The van der Waals surface area contributed by atoms with Crippen molar-refractivity contribution >= 4 is 17.6 Å². The van der Waals surface area contributed by atoms with Crippen LogP contribution in [0.1, 0.15) is 21.0 Å². The fraction of sp³-hybridized carbons (Fsp3) is 0.545. The van der Waals surface area contributed by atoms with Gasteiger partial charge in [0.25, 0.3) is 0 Å². The van der Waals surface area contributed by atoms with E-state index in [0.717, 1.165) is 7.11 Å². The van der Waals surface area contributed by atoms with Crippen molar-refractivity contribution in [1.82, 2.24) is 9.78 Å². The molecule has 0 bridgehead atoms. The summed E-state index contributed by atoms with van der Waals surface area (Å²) in [6.07, 6.45) is -4.54. The number of carbonyl (C=O) groups excluding carboxylic acids is 1. The molecule has 144 valence electrons. The van der Waals surface area contributed by atoms with Crippen LogP contribution in [0.2, 0.25) is 0 Å². The van der Waals surface area contributed by atoms with Gasteiger partial charge in [0.15, 0.2) is 0 Å². The predicted molar refractivity (Wildman–Crippen MR) is 70.3 cm³/mol. The van der Waals surface area contributed by atoms with E-state index < -0.39 is 76.8 Å². The number of carboxylic acid groups (broad SMARTS) is 1. The Bertz CT molecular complexity index is 623. The summed E-state index contributed by atoms with van der Waals surface area (Å²) in [6.45, 7) is -2.50. The van der Waals surface area contributed by atoms with E-state index >= 15 is 0 Å². The van der Waals surface area contributed by atoms with Gasteiger partial charge in [-0.15, -0.1) is 0 Å². The fourth-order valence-corrected chi connectivity index (χ4v) is 2.67. The van der Waals surface area contributed by atoms with Crippen molar-refractivity contribution in [2.75, 3.05) is 30.7 Å². The molecule has 0 atom stereocenters. The summed E-state index contributed by atoms with van der Waals surface area (Å²) >= 11 is -1.65. The third-order valence-corrected chi connectivity index (χ3v) is 3.76. The SMILES string of the molecule is CO[I-]N([O-])c1c(C(=O)OC)nn(CCOCC(F)(F)F)c1C(=O)O. The second-order valence-corrected chi connectivity index (χ2v) is 6.35. The zero-order chi connectivity index (χ0) is 19.2. The standard InChI is InChI=1S/C11H13F3IN3O7/c1-23-10(21)6-7(18(22)15-24-2)8(9(19)20)17(16-6)3-4-25-5-11(12,13)14/h3-5H2,1-2H3,(H,19,20)/q-2. The number of hydrogen-bond donors (Lipinski definition) is 1. The number of anilines is 1. The Balaban J connectivity index is 3.15. The van der Waals surface area contributed by atoms with E-state index in [0.29, 0.717) is 4.68 Å². The average Bonchev–Trinajstić information content (AvgIpc) is 2.90. The summed E-state index contributed by atoms with van der Waals surface area (Å²) in [4.78, 5) is 23.2. The van der Waals surface area contributed by atoms with Crippen LogP contribution < -0.4 is 25.2 Å². The number of aromatic carboxylic acids is 1. The Hall–Kier alpha value is -1.65. The number of alkyl halides is 3. The number of methoxy groups -OCH3 is 1. The molecule has 0 amide bonds. The molecule has 0 saturated carbocycles. The van der Waals surface area contributed by atoms with E-state index in [-0.39, 0.29) is 3.28 Å². The van der Waals surface area contributed by atoms with Crippen LogP contribution in [0.5, 0.6) is 0 Å². The fourth-order valence-electron chi connectivity index (χ4n) is 1.66. The molecule has 0 aliphatic rings. The minimum atomic E-state index is -4.54. The van der Waals surface area contributed by atoms with Gasteiger partial charge in [0.1, 0.15) is 0 Å². The molecule has 25 heavy (non-hydrogen) atoms. The van der Waals surface area contributed by atoms with Crippen molar-refractivity contribution in [3.63, 3.8) is 0 Å². The van der Waals surface area contributed by atoms with Crippen LogP contribution in [0.25, 0.3) is 0 Å². The Kier molecular flexibility index (Phi) is 7.84. The molecule has 0 spiro atoms. The van der Waals surface area contributed by atoms with Gasteiger partial charge in [0.05, 0.1) is 0 Å². The van der Waals surface area contributed by atoms with Crippen LogP contribution >= 0.6 is 0 Å². The molecule has 0 aromatic carbocycles. The van der Waals surface area contributed by atoms with Gasteiger partial charge in [0, 0.05) is 0 Å². The van der Waals surface area contributed by atoms with Gasteiger partial charge in [-0.05, 0) is 0 Å². The van der Waals surface area contributed by atoms with Gasteiger partial charge < -0.3 is 0 Å². The molecule has 14 heteroatoms. The van der Waals surface area contributed by atoms with Crippen molar-refractivity contribution in [2.45, 2.75) is 12.7 Å². The maximum atomic E-state index is 12.0. The summed E-state index contributed by atoms with van der Waals surface area (Å²) in [7, 11) is 2.21. The quantitative estimate of drug-likeness (QED) is 0.137. The number of hydrogen-bond acceptors (Lipinski definition) is 8. The van der Waals surface area contributed by atoms with Gasteiger partial charge in [-0.25, -0.2) is 0 Å². The molecule has 1 aromatic rings. The topological polar surface area (TPSA) is 126 Å². The van der Waals surface area contributed by atoms with Crippen molar-refractivity contribution < 1.29 is 62.3 Å². The van der Waals surface area contributed by atoms with Crippen LogP contribution in [0.4, 0.5) is 18.9 Å². The number of esters is 1. The van der Waals surface area contributed by atoms with E-state index in [4.69, 9.17) is 3.07 Å². The summed E-state index contributed by atoms with van der Waals surface area (Å²) < 4.78 is 50.5. The first kappa shape index (κ1) is 21.4. The van der Waals surface area contributed by atoms with Gasteiger partial charge in [0.2, 0.25) is 0 Å². The molecule has 0 aliphatic carbocycles. The molecular formula is C11H13F3IN3O7-2. The minimum absolute atomic E-state index is 0.175. The first-order chi connectivity index (χ1) is 11.6. The Labute approximate surface area is 150 Å². The monoisotopic (exact) mass is 483 g/mol. The summed E-state index contributed by atoms with van der Waals surface area (Å²) in [5, 5.41) is 25.0. The molecule has 0 radical (unpaired) electrons. The zero-order valence-corrected chi connectivity index (χ0v) is 15.0. The normalized spacial score (nSPS) is 11.6. The molecule has 1 heterocycles. The third-order valence-electron chi connectivity index (χ3n) is 2.53. The molecule has 1 aromatic heterocycles. The van der Waals surface area contributed by atoms with Gasteiger partial charge >= 0.3 is 150 Å². The molecule has 10 nitrogen and oxygen atoms in total. The van der Waals surface area contributed by atoms with E-state index in [1.807, 2.05) is 0 Å². The zero-order valence-electron chi connectivity index (χ0n) is 12.9. The number of carbonyl (C=O) groups is 2. The predicted octanol–water partition coefficient (Wildman–Crippen LogP) is -2.18. The van der Waals surface area contributed by atoms with E-state index in [1.165, 1.54) is 7.11 Å². The molecule has 0 unspecified atom stereocenters. The van der Waals surface area contributed by atoms with Gasteiger partial charge in [-0.3, -0.25) is 0 Å². The second kappa shape index (κ2) is 9.16. The van der Waals surface area contributed by atoms with Crippen LogP contribution in [-0.4, -0.2) is 60.4 Å². The summed E-state index contributed by atoms with van der Waals surface area (Å²) in [6, 6.07) is 0. The van der Waals surface area contributed by atoms with Crippen LogP contribution in [-0.2, 0) is 19.1 Å². The van der Waals surface area contributed by atoms with Gasteiger partial charge in [-0.1, -0.05) is 0 Å². The molecule has 0 aliphatic heterocycles. The van der Waals surface area contributed by atoms with Crippen molar-refractivity contribution in [2.24, 2.45) is 0 Å². The molecule has 0 saturated heterocycles. The number of ether oxygens (including phenoxy) is 2. The van der Waals surface area contributed by atoms with E-state index in [2.05, 4.69) is 14.6 Å². The maximum absolute atomic E-state index is 12.0. The van der Waals surface area contributed by atoms with E-state index in [9.17, 15) is 33.1 Å². The summed E-state index contributed by atoms with van der Waals surface area (Å²) in [5.74, 6) is -2.68. The summed E-state index contributed by atoms with van der Waals surface area (Å²) in [5.41, 5.74) is -1.84. The van der Waals surface area contributed by atoms with Crippen LogP contribution in [0.15, 0.2) is 0 Å². The number of carboxylic acids is 1. The van der Waals surface area contributed by atoms with Crippen molar-refractivity contribution in [3.8, 4) is 0 Å². The van der Waals surface area contributed by atoms with Crippen molar-refractivity contribution in [1.29, 1.82) is 0 Å². The molecule has 1 N–H and O–H groups in total. The number of rotatable bonds is 9. The third kappa shape index (κ3) is 5.98. The number of nitrogens with zero attached hydrogens (tertiary/aromatic N) is 3. The first-order valence-corrected chi connectivity index (χ1v) is 8.19. The second-order valence-electron chi connectivity index (χ2n) is 4.20. The van der Waals surface area contributed by atoms with Crippen LogP contribution in [0, 0.1) is 5.21 Å². The molecule has 1 rings (SSSR count). The number of halogens is 4. The Morgan fingerprint density at radius 2 is 2.04 bits per heavy atom. The average molecular weight is 483 g/mol. The molecule has 0 fully saturated rings. The Morgan fingerprint density at radius 3 is 2.52 bits per heavy atom. The van der Waals surface area contributed by atoms with Crippen LogP contribution in [0.3, 0.4) is 0 Å². The van der Waals surface area contributed by atoms with E-state index in [1.54, 1.807) is 0 Å².